The van der Waals surface area contributed by atoms with Gasteiger partial charge in [-0.1, -0.05) is 5.16 Å². The van der Waals surface area contributed by atoms with Crippen molar-refractivity contribution in [3.05, 3.63) is 48.8 Å². The molecule has 0 aliphatic carbocycles. The maximum atomic E-state index is 5.34. The largest absolute Gasteiger partial charge is 0.494 e. The van der Waals surface area contributed by atoms with Crippen LogP contribution >= 0.6 is 0 Å². The SMILES string of the molecule is COc1ccc(NCc2nc(-c3ccco3)no2)cc1-n1cnnn1. The van der Waals surface area contributed by atoms with Gasteiger partial charge in [0, 0.05) is 5.69 Å². The standard InChI is InChI=1S/C15H13N7O3/c1-23-12-5-4-10(7-11(12)22-9-17-20-21-22)16-8-14-18-15(19-25-14)13-3-2-6-24-13/h2-7,9,16H,8H2,1H3. The molecule has 10 heteroatoms. The minimum Gasteiger partial charge on any atom is -0.494 e. The van der Waals surface area contributed by atoms with Gasteiger partial charge in [0.15, 0.2) is 5.76 Å². The van der Waals surface area contributed by atoms with Gasteiger partial charge in [-0.15, -0.1) is 5.10 Å². The van der Waals surface area contributed by atoms with Crippen LogP contribution in [0.3, 0.4) is 0 Å². The molecule has 0 fully saturated rings. The third-order valence-electron chi connectivity index (χ3n) is 3.43. The lowest BCUT2D eigenvalue weighted by molar-refractivity contribution is 0.382. The highest BCUT2D eigenvalue weighted by Gasteiger charge is 2.12. The number of hydrogen-bond donors (Lipinski definition) is 1. The van der Waals surface area contributed by atoms with Crippen molar-refractivity contribution < 1.29 is 13.7 Å². The highest BCUT2D eigenvalue weighted by atomic mass is 16.5. The van der Waals surface area contributed by atoms with Gasteiger partial charge in [-0.3, -0.25) is 0 Å². The van der Waals surface area contributed by atoms with Crippen LogP contribution < -0.4 is 10.1 Å². The zero-order valence-electron chi connectivity index (χ0n) is 13.2. The van der Waals surface area contributed by atoms with E-state index in [1.165, 1.54) is 11.0 Å². The van der Waals surface area contributed by atoms with Crippen LogP contribution in [0.5, 0.6) is 5.75 Å². The molecule has 3 aromatic heterocycles. The van der Waals surface area contributed by atoms with Gasteiger partial charge < -0.3 is 19.0 Å². The van der Waals surface area contributed by atoms with E-state index >= 15 is 0 Å². The van der Waals surface area contributed by atoms with E-state index in [4.69, 9.17) is 13.7 Å². The van der Waals surface area contributed by atoms with Crippen molar-refractivity contribution in [2.24, 2.45) is 0 Å². The molecule has 0 radical (unpaired) electrons. The molecule has 0 spiro atoms. The third kappa shape index (κ3) is 3.04. The highest BCUT2D eigenvalue weighted by molar-refractivity contribution is 5.58. The molecule has 126 valence electrons. The van der Waals surface area contributed by atoms with E-state index in [-0.39, 0.29) is 0 Å². The Morgan fingerprint density at radius 2 is 2.24 bits per heavy atom. The van der Waals surface area contributed by atoms with Crippen molar-refractivity contribution in [3.63, 3.8) is 0 Å². The molecule has 0 aliphatic heterocycles. The number of furan rings is 1. The van der Waals surface area contributed by atoms with E-state index in [0.717, 1.165) is 5.69 Å². The Bertz CT molecular complexity index is 948. The first-order valence-electron chi connectivity index (χ1n) is 7.35. The number of methoxy groups -OCH3 is 1. The zero-order chi connectivity index (χ0) is 17.1. The Balaban J connectivity index is 1.51. The molecule has 0 saturated carbocycles. The van der Waals surface area contributed by atoms with Crippen LogP contribution in [0.15, 0.2) is 51.9 Å². The van der Waals surface area contributed by atoms with Crippen LogP contribution in [0.2, 0.25) is 0 Å². The Labute approximate surface area is 141 Å². The van der Waals surface area contributed by atoms with Crippen molar-refractivity contribution in [1.82, 2.24) is 30.3 Å². The summed E-state index contributed by atoms with van der Waals surface area (Å²) in [4.78, 5) is 4.28. The van der Waals surface area contributed by atoms with Crippen molar-refractivity contribution in [2.75, 3.05) is 12.4 Å². The van der Waals surface area contributed by atoms with Gasteiger partial charge in [0.05, 0.1) is 19.9 Å². The van der Waals surface area contributed by atoms with Gasteiger partial charge in [0.1, 0.15) is 17.8 Å². The van der Waals surface area contributed by atoms with Crippen LogP contribution in [-0.2, 0) is 6.54 Å². The van der Waals surface area contributed by atoms with Crippen LogP contribution in [0, 0.1) is 0 Å². The Kier molecular flexibility index (Phi) is 3.83. The van der Waals surface area contributed by atoms with Crippen LogP contribution in [0.1, 0.15) is 5.89 Å². The topological polar surface area (TPSA) is 117 Å². The molecule has 10 nitrogen and oxygen atoms in total. The van der Waals surface area contributed by atoms with Gasteiger partial charge >= 0.3 is 0 Å². The average Bonchev–Trinajstić information content (AvgIpc) is 3.41. The molecule has 4 rings (SSSR count). The molecule has 3 heterocycles. The van der Waals surface area contributed by atoms with E-state index in [9.17, 15) is 0 Å². The lowest BCUT2D eigenvalue weighted by atomic mass is 10.2. The molecule has 25 heavy (non-hydrogen) atoms. The Morgan fingerprint density at radius 1 is 1.28 bits per heavy atom. The normalized spacial score (nSPS) is 10.8. The number of aromatic nitrogens is 6. The van der Waals surface area contributed by atoms with Crippen LogP contribution in [0.4, 0.5) is 5.69 Å². The van der Waals surface area contributed by atoms with E-state index in [0.29, 0.717) is 35.5 Å². The maximum absolute atomic E-state index is 5.34. The summed E-state index contributed by atoms with van der Waals surface area (Å²) in [6.45, 7) is 0.356. The number of hydrogen-bond acceptors (Lipinski definition) is 9. The monoisotopic (exact) mass is 339 g/mol. The Hall–Kier alpha value is -3.69. The van der Waals surface area contributed by atoms with Crippen molar-refractivity contribution in [1.29, 1.82) is 0 Å². The molecule has 0 unspecified atom stereocenters. The summed E-state index contributed by atoms with van der Waals surface area (Å²) in [6.07, 6.45) is 3.05. The summed E-state index contributed by atoms with van der Waals surface area (Å²) < 4.78 is 17.3. The van der Waals surface area contributed by atoms with Gasteiger partial charge in [0.2, 0.25) is 11.7 Å². The van der Waals surface area contributed by atoms with E-state index < -0.39 is 0 Å². The first-order valence-corrected chi connectivity index (χ1v) is 7.35. The highest BCUT2D eigenvalue weighted by Crippen LogP contribution is 2.26. The predicted molar refractivity (Wildman–Crippen MR) is 85.0 cm³/mol. The van der Waals surface area contributed by atoms with E-state index in [1.807, 2.05) is 18.2 Å². The van der Waals surface area contributed by atoms with Gasteiger partial charge in [-0.05, 0) is 40.8 Å². The fraction of sp³-hybridized carbons (Fsp3) is 0.133. The summed E-state index contributed by atoms with van der Waals surface area (Å²) in [5.41, 5.74) is 1.53. The number of tetrazole rings is 1. The minimum atomic E-state index is 0.356. The number of benzene rings is 1. The molecular weight excluding hydrogens is 326 g/mol. The second-order valence-electron chi connectivity index (χ2n) is 4.98. The molecule has 0 saturated heterocycles. The number of nitrogens with one attached hydrogen (secondary N) is 1. The van der Waals surface area contributed by atoms with Gasteiger partial charge in [-0.25, -0.2) is 0 Å². The van der Waals surface area contributed by atoms with Crippen molar-refractivity contribution in [2.45, 2.75) is 6.54 Å². The fourth-order valence-corrected chi connectivity index (χ4v) is 2.26. The summed E-state index contributed by atoms with van der Waals surface area (Å²) in [5, 5.41) is 18.3. The molecule has 4 aromatic rings. The fourth-order valence-electron chi connectivity index (χ4n) is 2.26. The quantitative estimate of drug-likeness (QED) is 0.562. The van der Waals surface area contributed by atoms with Crippen LogP contribution in [-0.4, -0.2) is 37.5 Å². The predicted octanol–water partition coefficient (Wildman–Crippen LogP) is 1.93. The summed E-state index contributed by atoms with van der Waals surface area (Å²) in [5.74, 6) is 2.05. The number of ether oxygens (including phenoxy) is 1. The lowest BCUT2D eigenvalue weighted by Crippen LogP contribution is -2.03. The summed E-state index contributed by atoms with van der Waals surface area (Å²) in [6, 6.07) is 9.09. The molecule has 0 bridgehead atoms. The first-order chi connectivity index (χ1) is 12.3. The third-order valence-corrected chi connectivity index (χ3v) is 3.43. The van der Waals surface area contributed by atoms with Gasteiger partial charge in [0.25, 0.3) is 0 Å². The molecule has 0 amide bonds. The maximum Gasteiger partial charge on any atom is 0.246 e. The molecule has 0 aliphatic rings. The number of nitrogens with zero attached hydrogens (tertiary/aromatic N) is 6. The lowest BCUT2D eigenvalue weighted by Gasteiger charge is -2.10. The Morgan fingerprint density at radius 3 is 3.00 bits per heavy atom. The summed E-state index contributed by atoms with van der Waals surface area (Å²) >= 11 is 0. The van der Waals surface area contributed by atoms with Crippen molar-refractivity contribution >= 4 is 5.69 Å². The average molecular weight is 339 g/mol. The van der Waals surface area contributed by atoms with E-state index in [2.05, 4.69) is 31.0 Å². The molecular formula is C15H13N7O3. The molecule has 1 aromatic carbocycles. The number of anilines is 1. The van der Waals surface area contributed by atoms with Crippen LogP contribution in [0.25, 0.3) is 17.3 Å². The van der Waals surface area contributed by atoms with Gasteiger partial charge in [-0.2, -0.15) is 9.67 Å². The number of rotatable bonds is 6. The first kappa shape index (κ1) is 14.9. The minimum absolute atomic E-state index is 0.356. The molecule has 0 atom stereocenters. The van der Waals surface area contributed by atoms with E-state index in [1.54, 1.807) is 25.5 Å². The second-order valence-corrected chi connectivity index (χ2v) is 4.98. The summed E-state index contributed by atoms with van der Waals surface area (Å²) in [7, 11) is 1.59. The van der Waals surface area contributed by atoms with Crippen molar-refractivity contribution in [3.8, 4) is 23.0 Å². The molecule has 1 N–H and O–H groups in total. The second kappa shape index (κ2) is 6.43. The zero-order valence-corrected chi connectivity index (χ0v) is 13.2. The smallest absolute Gasteiger partial charge is 0.246 e.